The number of aliphatic carboxylic acids is 1. The molecule has 2 aromatic carbocycles. The molecule has 0 fully saturated rings. The van der Waals surface area contributed by atoms with Gasteiger partial charge in [-0.1, -0.05) is 18.2 Å². The number of hydrogen-bond acceptors (Lipinski definition) is 4. The third-order valence-corrected chi connectivity index (χ3v) is 5.66. The van der Waals surface area contributed by atoms with Crippen LogP contribution in [0, 0.1) is 0 Å². The first kappa shape index (κ1) is 15.4. The van der Waals surface area contributed by atoms with Crippen molar-refractivity contribution >= 4 is 21.7 Å². The van der Waals surface area contributed by atoms with Crippen LogP contribution < -0.4 is 9.04 Å². The van der Waals surface area contributed by atoms with E-state index in [9.17, 15) is 18.3 Å². The van der Waals surface area contributed by atoms with E-state index in [2.05, 4.69) is 0 Å². The molecule has 0 spiro atoms. The lowest BCUT2D eigenvalue weighted by Crippen LogP contribution is -2.42. The maximum atomic E-state index is 12.9. The van der Waals surface area contributed by atoms with E-state index in [1.807, 2.05) is 0 Å². The third-order valence-electron chi connectivity index (χ3n) is 3.83. The Morgan fingerprint density at radius 1 is 1.17 bits per heavy atom. The summed E-state index contributed by atoms with van der Waals surface area (Å²) in [5.41, 5.74) is 1.12. The fourth-order valence-electron chi connectivity index (χ4n) is 2.70. The van der Waals surface area contributed by atoms with Gasteiger partial charge in [-0.05, 0) is 35.9 Å². The number of rotatable bonds is 4. The second kappa shape index (κ2) is 5.58. The van der Waals surface area contributed by atoms with E-state index in [-0.39, 0.29) is 11.3 Å². The van der Waals surface area contributed by atoms with Crippen molar-refractivity contribution in [3.63, 3.8) is 0 Å². The van der Waals surface area contributed by atoms with Gasteiger partial charge in [-0.25, -0.2) is 13.2 Å². The van der Waals surface area contributed by atoms with Crippen molar-refractivity contribution in [3.8, 4) is 5.75 Å². The molecule has 0 aliphatic carbocycles. The molecule has 0 aromatic heterocycles. The minimum Gasteiger partial charge on any atom is -0.497 e. The predicted molar refractivity (Wildman–Crippen MR) is 84.2 cm³/mol. The number of sulfonamides is 1. The second-order valence-corrected chi connectivity index (χ2v) is 6.98. The smallest absolute Gasteiger partial charge is 0.327 e. The van der Waals surface area contributed by atoms with Crippen LogP contribution in [-0.4, -0.2) is 32.6 Å². The zero-order valence-electron chi connectivity index (χ0n) is 12.3. The van der Waals surface area contributed by atoms with Gasteiger partial charge in [-0.15, -0.1) is 0 Å². The molecule has 0 unspecified atom stereocenters. The summed E-state index contributed by atoms with van der Waals surface area (Å²) >= 11 is 0. The van der Waals surface area contributed by atoms with E-state index < -0.39 is 22.0 Å². The van der Waals surface area contributed by atoms with E-state index in [0.29, 0.717) is 17.0 Å². The van der Waals surface area contributed by atoms with Gasteiger partial charge in [0.2, 0.25) is 0 Å². The highest BCUT2D eigenvalue weighted by Gasteiger charge is 2.42. The van der Waals surface area contributed by atoms with Crippen LogP contribution in [0.4, 0.5) is 5.69 Å². The Bertz CT molecular complexity index is 845. The molecule has 7 heteroatoms. The van der Waals surface area contributed by atoms with Crippen LogP contribution in [0.15, 0.2) is 53.4 Å². The molecular weight excluding hydrogens is 318 g/mol. The molecule has 0 bridgehead atoms. The molecular formula is C16H15NO5S. The number of methoxy groups -OCH3 is 1. The quantitative estimate of drug-likeness (QED) is 0.924. The Morgan fingerprint density at radius 2 is 1.83 bits per heavy atom. The van der Waals surface area contributed by atoms with Gasteiger partial charge in [-0.3, -0.25) is 4.31 Å². The molecule has 0 amide bonds. The second-order valence-electron chi connectivity index (χ2n) is 5.16. The van der Waals surface area contributed by atoms with E-state index in [1.54, 1.807) is 24.3 Å². The standard InChI is InChI=1S/C16H15NO5S/c1-22-12-6-8-13(9-7-12)23(20,21)17-14-5-3-2-4-11(14)10-15(17)16(18)19/h2-9,15H,10H2,1H3,(H,18,19)/t15-/m1/s1. The number of anilines is 1. The number of carbonyl (C=O) groups is 1. The van der Waals surface area contributed by atoms with E-state index in [4.69, 9.17) is 4.74 Å². The Morgan fingerprint density at radius 3 is 2.43 bits per heavy atom. The number of carboxylic acid groups (broad SMARTS) is 1. The molecule has 23 heavy (non-hydrogen) atoms. The van der Waals surface area contributed by atoms with E-state index in [0.717, 1.165) is 4.31 Å². The predicted octanol–water partition coefficient (Wildman–Crippen LogP) is 1.90. The summed E-state index contributed by atoms with van der Waals surface area (Å²) in [4.78, 5) is 11.6. The van der Waals surface area contributed by atoms with Crippen LogP contribution in [0.5, 0.6) is 5.75 Å². The highest BCUT2D eigenvalue weighted by atomic mass is 32.2. The number of benzene rings is 2. The van der Waals surface area contributed by atoms with Crippen LogP contribution in [0.1, 0.15) is 5.56 Å². The monoisotopic (exact) mass is 333 g/mol. The van der Waals surface area contributed by atoms with Crippen molar-refractivity contribution < 1.29 is 23.1 Å². The fraction of sp³-hybridized carbons (Fsp3) is 0.188. The van der Waals surface area contributed by atoms with Gasteiger partial charge in [0.1, 0.15) is 11.8 Å². The molecule has 120 valence electrons. The van der Waals surface area contributed by atoms with Crippen molar-refractivity contribution in [2.75, 3.05) is 11.4 Å². The summed E-state index contributed by atoms with van der Waals surface area (Å²) < 4.78 is 31.9. The molecule has 1 N–H and O–H groups in total. The first-order chi connectivity index (χ1) is 10.9. The first-order valence-corrected chi connectivity index (χ1v) is 8.38. The van der Waals surface area contributed by atoms with E-state index in [1.165, 1.54) is 31.4 Å². The van der Waals surface area contributed by atoms with Crippen molar-refractivity contribution in [3.05, 3.63) is 54.1 Å². The van der Waals surface area contributed by atoms with Crippen LogP contribution in [0.3, 0.4) is 0 Å². The molecule has 1 aliphatic heterocycles. The Labute approximate surface area is 134 Å². The normalized spacial score (nSPS) is 16.9. The van der Waals surface area contributed by atoms with Crippen molar-refractivity contribution in [1.29, 1.82) is 0 Å². The Hall–Kier alpha value is -2.54. The molecule has 1 heterocycles. The fourth-order valence-corrected chi connectivity index (χ4v) is 4.35. The Kier molecular flexibility index (Phi) is 3.73. The van der Waals surface area contributed by atoms with Gasteiger partial charge >= 0.3 is 5.97 Å². The molecule has 1 aliphatic rings. The zero-order chi connectivity index (χ0) is 16.6. The average Bonchev–Trinajstić information content (AvgIpc) is 2.95. The number of hydrogen-bond donors (Lipinski definition) is 1. The van der Waals surface area contributed by atoms with Crippen molar-refractivity contribution in [2.45, 2.75) is 17.4 Å². The van der Waals surface area contributed by atoms with Crippen LogP contribution in [0.25, 0.3) is 0 Å². The highest BCUT2D eigenvalue weighted by molar-refractivity contribution is 7.93. The third kappa shape index (κ3) is 2.53. The Balaban J connectivity index is 2.10. The summed E-state index contributed by atoms with van der Waals surface area (Å²) in [5.74, 6) is -0.640. The lowest BCUT2D eigenvalue weighted by Gasteiger charge is -2.24. The van der Waals surface area contributed by atoms with Crippen LogP contribution >= 0.6 is 0 Å². The van der Waals surface area contributed by atoms with Gasteiger partial charge < -0.3 is 9.84 Å². The van der Waals surface area contributed by atoms with Gasteiger partial charge in [0, 0.05) is 6.42 Å². The first-order valence-electron chi connectivity index (χ1n) is 6.94. The topological polar surface area (TPSA) is 83.9 Å². The SMILES string of the molecule is COc1ccc(S(=O)(=O)N2c3ccccc3C[C@@H]2C(=O)O)cc1. The molecule has 2 aromatic rings. The summed E-state index contributed by atoms with van der Waals surface area (Å²) in [5, 5.41) is 9.42. The number of para-hydroxylation sites is 1. The summed E-state index contributed by atoms with van der Waals surface area (Å²) in [6, 6.07) is 11.6. The maximum absolute atomic E-state index is 12.9. The van der Waals surface area contributed by atoms with Gasteiger partial charge in [0.25, 0.3) is 10.0 Å². The lowest BCUT2D eigenvalue weighted by atomic mass is 10.1. The number of ether oxygens (including phenoxy) is 1. The summed E-state index contributed by atoms with van der Waals surface area (Å²) in [6.07, 6.45) is 0.154. The molecule has 1 atom stereocenters. The summed E-state index contributed by atoms with van der Waals surface area (Å²) in [6.45, 7) is 0. The number of fused-ring (bicyclic) bond motifs is 1. The molecule has 6 nitrogen and oxygen atoms in total. The van der Waals surface area contributed by atoms with Crippen molar-refractivity contribution in [2.24, 2.45) is 0 Å². The number of carboxylic acids is 1. The van der Waals surface area contributed by atoms with Gasteiger partial charge in [0.05, 0.1) is 17.7 Å². The number of nitrogens with zero attached hydrogens (tertiary/aromatic N) is 1. The lowest BCUT2D eigenvalue weighted by molar-refractivity contribution is -0.138. The van der Waals surface area contributed by atoms with Crippen LogP contribution in [-0.2, 0) is 21.2 Å². The molecule has 0 radical (unpaired) electrons. The van der Waals surface area contributed by atoms with Crippen LogP contribution in [0.2, 0.25) is 0 Å². The largest absolute Gasteiger partial charge is 0.497 e. The molecule has 0 saturated carbocycles. The maximum Gasteiger partial charge on any atom is 0.327 e. The van der Waals surface area contributed by atoms with Gasteiger partial charge in [0.15, 0.2) is 0 Å². The molecule has 3 rings (SSSR count). The average molecular weight is 333 g/mol. The van der Waals surface area contributed by atoms with Gasteiger partial charge in [-0.2, -0.15) is 0 Å². The van der Waals surface area contributed by atoms with Crippen molar-refractivity contribution in [1.82, 2.24) is 0 Å². The minimum absolute atomic E-state index is 0.0289. The highest BCUT2D eigenvalue weighted by Crippen LogP contribution is 2.37. The van der Waals surface area contributed by atoms with E-state index >= 15 is 0 Å². The minimum atomic E-state index is -3.97. The zero-order valence-corrected chi connectivity index (χ0v) is 13.2. The molecule has 0 saturated heterocycles. The summed E-state index contributed by atoms with van der Waals surface area (Å²) in [7, 11) is -2.49.